The first-order valence-electron chi connectivity index (χ1n) is 7.65. The smallest absolute Gasteiger partial charge is 0.227 e. The molecule has 2 atom stereocenters. The third kappa shape index (κ3) is 2.85. The first-order chi connectivity index (χ1) is 10.0. The molecule has 2 aliphatic carbocycles. The van der Waals surface area contributed by atoms with Gasteiger partial charge in [0.25, 0.3) is 0 Å². The highest BCUT2D eigenvalue weighted by molar-refractivity contribution is 5.95. The van der Waals surface area contributed by atoms with Crippen LogP contribution in [0.2, 0.25) is 0 Å². The Bertz CT molecular complexity index is 568. The third-order valence-corrected chi connectivity index (χ3v) is 4.80. The molecule has 3 rings (SSSR count). The van der Waals surface area contributed by atoms with Crippen molar-refractivity contribution in [2.45, 2.75) is 39.0 Å². The van der Waals surface area contributed by atoms with Gasteiger partial charge in [0.1, 0.15) is 11.6 Å². The maximum Gasteiger partial charge on any atom is 0.227 e. The number of amides is 1. The zero-order valence-electron chi connectivity index (χ0n) is 12.2. The summed E-state index contributed by atoms with van der Waals surface area (Å²) in [6.45, 7) is 1.81. The number of Topliss-reactive ketones (excluding diaryl/α,β-unsaturated/α-hetero) is 1. The second-order valence-corrected chi connectivity index (χ2v) is 6.37. The lowest BCUT2D eigenvalue weighted by molar-refractivity contribution is -0.136. The summed E-state index contributed by atoms with van der Waals surface area (Å²) in [7, 11) is 0. The molecular formula is C17H20FNO2. The molecule has 1 aromatic carbocycles. The van der Waals surface area contributed by atoms with E-state index < -0.39 is 5.82 Å². The van der Waals surface area contributed by atoms with Crippen LogP contribution in [0.4, 0.5) is 10.1 Å². The van der Waals surface area contributed by atoms with Crippen LogP contribution >= 0.6 is 0 Å². The predicted molar refractivity (Wildman–Crippen MR) is 78.3 cm³/mol. The predicted octanol–water partition coefficient (Wildman–Crippen LogP) is 3.47. The molecule has 0 radical (unpaired) electrons. The molecule has 112 valence electrons. The van der Waals surface area contributed by atoms with Crippen molar-refractivity contribution in [3.05, 3.63) is 29.6 Å². The molecule has 1 N–H and O–H groups in total. The summed E-state index contributed by atoms with van der Waals surface area (Å²) in [5, 5.41) is 2.69. The van der Waals surface area contributed by atoms with Crippen LogP contribution in [0.5, 0.6) is 0 Å². The van der Waals surface area contributed by atoms with Crippen LogP contribution < -0.4 is 5.32 Å². The summed E-state index contributed by atoms with van der Waals surface area (Å²) in [6, 6.07) is 4.78. The highest BCUT2D eigenvalue weighted by Crippen LogP contribution is 2.40. The standard InChI is InChI=1S/C17H20FNO2/c1-10-5-6-15(14(18)7-10)19-17(21)13-8-11-3-2-4-12(9-13)16(11)20/h5-7,11-13H,2-4,8-9H2,1H3,(H,19,21). The maximum atomic E-state index is 13.8. The quantitative estimate of drug-likeness (QED) is 0.906. The van der Waals surface area contributed by atoms with Gasteiger partial charge in [-0.05, 0) is 50.3 Å². The minimum absolute atomic E-state index is 0.0381. The fourth-order valence-corrected chi connectivity index (χ4v) is 3.65. The third-order valence-electron chi connectivity index (χ3n) is 4.80. The van der Waals surface area contributed by atoms with Crippen LogP contribution in [0, 0.1) is 30.5 Å². The van der Waals surface area contributed by atoms with E-state index in [2.05, 4.69) is 5.32 Å². The number of anilines is 1. The molecule has 0 spiro atoms. The van der Waals surface area contributed by atoms with Crippen LogP contribution in [-0.2, 0) is 9.59 Å². The van der Waals surface area contributed by atoms with Gasteiger partial charge in [0.05, 0.1) is 5.69 Å². The van der Waals surface area contributed by atoms with Crippen LogP contribution in [0.3, 0.4) is 0 Å². The molecule has 2 bridgehead atoms. The number of hydrogen-bond acceptors (Lipinski definition) is 2. The Balaban J connectivity index is 1.70. The van der Waals surface area contributed by atoms with E-state index in [0.717, 1.165) is 24.8 Å². The number of carbonyl (C=O) groups excluding carboxylic acids is 2. The molecule has 2 aliphatic rings. The second kappa shape index (κ2) is 5.58. The van der Waals surface area contributed by atoms with E-state index in [1.54, 1.807) is 12.1 Å². The lowest BCUT2D eigenvalue weighted by Crippen LogP contribution is -2.40. The molecule has 1 amide bonds. The molecule has 0 saturated heterocycles. The van der Waals surface area contributed by atoms with E-state index in [1.165, 1.54) is 6.07 Å². The molecule has 21 heavy (non-hydrogen) atoms. The summed E-state index contributed by atoms with van der Waals surface area (Å²) < 4.78 is 13.8. The van der Waals surface area contributed by atoms with Crippen molar-refractivity contribution in [2.24, 2.45) is 17.8 Å². The molecule has 0 heterocycles. The van der Waals surface area contributed by atoms with E-state index >= 15 is 0 Å². The minimum Gasteiger partial charge on any atom is -0.323 e. The van der Waals surface area contributed by atoms with Crippen molar-refractivity contribution in [3.63, 3.8) is 0 Å². The lowest BCUT2D eigenvalue weighted by atomic mass is 9.67. The Labute approximate surface area is 123 Å². The Kier molecular flexibility index (Phi) is 3.79. The van der Waals surface area contributed by atoms with Crippen LogP contribution in [0.15, 0.2) is 18.2 Å². The van der Waals surface area contributed by atoms with Gasteiger partial charge in [-0.1, -0.05) is 12.5 Å². The maximum absolute atomic E-state index is 13.8. The number of rotatable bonds is 2. The molecule has 2 fully saturated rings. The van der Waals surface area contributed by atoms with Crippen LogP contribution in [0.1, 0.15) is 37.7 Å². The van der Waals surface area contributed by atoms with Crippen molar-refractivity contribution in [2.75, 3.05) is 5.32 Å². The van der Waals surface area contributed by atoms with Crippen LogP contribution in [-0.4, -0.2) is 11.7 Å². The summed E-state index contributed by atoms with van der Waals surface area (Å²) in [6.07, 6.45) is 4.13. The topological polar surface area (TPSA) is 46.2 Å². The van der Waals surface area contributed by atoms with E-state index in [4.69, 9.17) is 0 Å². The average Bonchev–Trinajstić information content (AvgIpc) is 2.41. The van der Waals surface area contributed by atoms with Gasteiger partial charge in [0, 0.05) is 17.8 Å². The Morgan fingerprint density at radius 3 is 2.52 bits per heavy atom. The normalized spacial score (nSPS) is 28.3. The van der Waals surface area contributed by atoms with E-state index in [1.807, 2.05) is 6.92 Å². The van der Waals surface area contributed by atoms with Gasteiger partial charge in [-0.3, -0.25) is 9.59 Å². The van der Waals surface area contributed by atoms with Crippen molar-refractivity contribution in [1.82, 2.24) is 0 Å². The van der Waals surface area contributed by atoms with Gasteiger partial charge in [0.15, 0.2) is 0 Å². The lowest BCUT2D eigenvalue weighted by Gasteiger charge is -2.36. The zero-order valence-corrected chi connectivity index (χ0v) is 12.2. The van der Waals surface area contributed by atoms with E-state index in [9.17, 15) is 14.0 Å². The number of aryl methyl sites for hydroxylation is 1. The number of fused-ring (bicyclic) bond motifs is 2. The van der Waals surface area contributed by atoms with Crippen molar-refractivity contribution in [3.8, 4) is 0 Å². The molecule has 1 aromatic rings. The highest BCUT2D eigenvalue weighted by Gasteiger charge is 2.41. The Hall–Kier alpha value is -1.71. The van der Waals surface area contributed by atoms with Crippen molar-refractivity contribution >= 4 is 17.4 Å². The average molecular weight is 289 g/mol. The fraction of sp³-hybridized carbons (Fsp3) is 0.529. The van der Waals surface area contributed by atoms with Gasteiger partial charge in [-0.15, -0.1) is 0 Å². The first kappa shape index (κ1) is 14.2. The number of carbonyl (C=O) groups is 2. The molecule has 0 aromatic heterocycles. The highest BCUT2D eigenvalue weighted by atomic mass is 19.1. The second-order valence-electron chi connectivity index (χ2n) is 6.37. The van der Waals surface area contributed by atoms with Gasteiger partial charge < -0.3 is 5.32 Å². The van der Waals surface area contributed by atoms with E-state index in [-0.39, 0.29) is 29.3 Å². The first-order valence-corrected chi connectivity index (χ1v) is 7.65. The van der Waals surface area contributed by atoms with E-state index in [0.29, 0.717) is 18.6 Å². The van der Waals surface area contributed by atoms with Crippen molar-refractivity contribution < 1.29 is 14.0 Å². The molecule has 4 heteroatoms. The molecule has 0 aliphatic heterocycles. The summed E-state index contributed by atoms with van der Waals surface area (Å²) >= 11 is 0. The fourth-order valence-electron chi connectivity index (χ4n) is 3.65. The monoisotopic (exact) mass is 289 g/mol. The van der Waals surface area contributed by atoms with Gasteiger partial charge in [-0.25, -0.2) is 4.39 Å². The number of benzene rings is 1. The Morgan fingerprint density at radius 2 is 1.90 bits per heavy atom. The van der Waals surface area contributed by atoms with Crippen LogP contribution in [0.25, 0.3) is 0 Å². The van der Waals surface area contributed by atoms with Gasteiger partial charge >= 0.3 is 0 Å². The molecule has 3 nitrogen and oxygen atoms in total. The summed E-state index contributed by atoms with van der Waals surface area (Å²) in [4.78, 5) is 24.4. The number of halogens is 1. The largest absolute Gasteiger partial charge is 0.323 e. The summed E-state index contributed by atoms with van der Waals surface area (Å²) in [5.41, 5.74) is 1.05. The molecule has 2 unspecified atom stereocenters. The molecule has 2 saturated carbocycles. The SMILES string of the molecule is Cc1ccc(NC(=O)C2CC3CCCC(C2)C3=O)c(F)c1. The number of hydrogen-bond donors (Lipinski definition) is 1. The number of ketones is 1. The van der Waals surface area contributed by atoms with Gasteiger partial charge in [-0.2, -0.15) is 0 Å². The minimum atomic E-state index is -0.407. The van der Waals surface area contributed by atoms with Gasteiger partial charge in [0.2, 0.25) is 5.91 Å². The zero-order chi connectivity index (χ0) is 15.0. The Morgan fingerprint density at radius 1 is 1.24 bits per heavy atom. The van der Waals surface area contributed by atoms with Crippen molar-refractivity contribution in [1.29, 1.82) is 0 Å². The molecular weight excluding hydrogens is 269 g/mol. The summed E-state index contributed by atoms with van der Waals surface area (Å²) in [5.74, 6) is -0.310. The number of nitrogens with one attached hydrogen (secondary N) is 1.